The van der Waals surface area contributed by atoms with Crippen molar-refractivity contribution in [2.45, 2.75) is 37.8 Å². The zero-order chi connectivity index (χ0) is 20.0. The first-order valence-corrected chi connectivity index (χ1v) is 8.64. The second-order valence-electron chi connectivity index (χ2n) is 6.18. The Balaban J connectivity index is 2.20. The molecule has 0 saturated heterocycles. The fraction of sp³-hybridized carbons (Fsp3) is 0.368. The van der Waals surface area contributed by atoms with Crippen molar-refractivity contribution >= 4 is 23.7 Å². The first kappa shape index (κ1) is 20.3. The summed E-state index contributed by atoms with van der Waals surface area (Å²) < 4.78 is 0. The number of carbonyl (C=O) groups excluding carboxylic acids is 3. The third kappa shape index (κ3) is 4.40. The van der Waals surface area contributed by atoms with E-state index in [0.717, 1.165) is 4.90 Å². The fourth-order valence-electron chi connectivity index (χ4n) is 2.96. The molecule has 1 aromatic rings. The van der Waals surface area contributed by atoms with Gasteiger partial charge in [0.05, 0.1) is 11.1 Å². The molecule has 0 bridgehead atoms. The van der Waals surface area contributed by atoms with Crippen molar-refractivity contribution in [3.8, 4) is 0 Å². The second kappa shape index (κ2) is 9.09. The summed E-state index contributed by atoms with van der Waals surface area (Å²) in [6.07, 6.45) is 2.35. The molecule has 0 saturated carbocycles. The molecule has 2 unspecified atom stereocenters. The number of hydrogen-bond donors (Lipinski definition) is 3. The van der Waals surface area contributed by atoms with Crippen LogP contribution < -0.4 is 5.32 Å². The summed E-state index contributed by atoms with van der Waals surface area (Å²) in [5.41, 5.74) is 0.421. The van der Waals surface area contributed by atoms with Gasteiger partial charge in [-0.2, -0.15) is 0 Å². The number of aliphatic carboxylic acids is 1. The van der Waals surface area contributed by atoms with E-state index in [-0.39, 0.29) is 30.6 Å². The summed E-state index contributed by atoms with van der Waals surface area (Å²) in [5, 5.41) is 20.5. The van der Waals surface area contributed by atoms with E-state index >= 15 is 0 Å². The minimum atomic E-state index is -1.22. The van der Waals surface area contributed by atoms with Gasteiger partial charge in [0.25, 0.3) is 11.8 Å². The molecule has 2 atom stereocenters. The average molecular weight is 374 g/mol. The number of aliphatic hydroxyl groups is 1. The van der Waals surface area contributed by atoms with Gasteiger partial charge in [-0.1, -0.05) is 18.2 Å². The number of fused-ring (bicyclic) bond motifs is 1. The van der Waals surface area contributed by atoms with Crippen molar-refractivity contribution in [1.82, 2.24) is 10.2 Å². The molecular weight excluding hydrogens is 352 g/mol. The molecule has 8 nitrogen and oxygen atoms in total. The number of carbonyl (C=O) groups is 4. The quantitative estimate of drug-likeness (QED) is 0.318. The molecule has 3 amide bonds. The molecule has 1 aliphatic rings. The van der Waals surface area contributed by atoms with E-state index in [9.17, 15) is 24.3 Å². The molecular formula is C19H22N2O6. The van der Waals surface area contributed by atoms with Gasteiger partial charge in [0.1, 0.15) is 12.1 Å². The summed E-state index contributed by atoms with van der Waals surface area (Å²) in [4.78, 5) is 50.2. The first-order chi connectivity index (χ1) is 12.9. The minimum Gasteiger partial charge on any atom is -0.480 e. The molecule has 0 spiro atoms. The van der Waals surface area contributed by atoms with Crippen molar-refractivity contribution in [3.05, 3.63) is 48.0 Å². The Kier molecular flexibility index (Phi) is 6.84. The summed E-state index contributed by atoms with van der Waals surface area (Å²) in [7, 11) is 0. The Morgan fingerprint density at radius 3 is 2.22 bits per heavy atom. The predicted octanol–water partition coefficient (Wildman–Crippen LogP) is 0.959. The highest BCUT2D eigenvalue weighted by Gasteiger charge is 2.42. The number of unbranched alkanes of at least 4 members (excludes halogenated alkanes) is 1. The number of nitrogens with one attached hydrogen (secondary N) is 1. The highest BCUT2D eigenvalue weighted by Crippen LogP contribution is 2.26. The minimum absolute atomic E-state index is 0.000279. The number of nitrogens with zero attached hydrogens (tertiary/aromatic N) is 1. The molecule has 8 heteroatoms. The predicted molar refractivity (Wildman–Crippen MR) is 96.0 cm³/mol. The van der Waals surface area contributed by atoms with Crippen LogP contribution in [-0.4, -0.2) is 57.5 Å². The number of rotatable bonds is 10. The van der Waals surface area contributed by atoms with E-state index in [4.69, 9.17) is 5.11 Å². The monoisotopic (exact) mass is 374 g/mol. The zero-order valence-corrected chi connectivity index (χ0v) is 14.8. The Labute approximate surface area is 156 Å². The number of hydrogen-bond acceptors (Lipinski definition) is 5. The van der Waals surface area contributed by atoms with Crippen molar-refractivity contribution in [1.29, 1.82) is 0 Å². The van der Waals surface area contributed by atoms with E-state index in [2.05, 4.69) is 11.9 Å². The van der Waals surface area contributed by atoms with Crippen molar-refractivity contribution in [3.63, 3.8) is 0 Å². The Morgan fingerprint density at radius 1 is 1.15 bits per heavy atom. The van der Waals surface area contributed by atoms with Gasteiger partial charge in [-0.3, -0.25) is 19.3 Å². The number of aliphatic hydroxyl groups excluding tert-OH is 1. The average Bonchev–Trinajstić information content (AvgIpc) is 2.90. The Morgan fingerprint density at radius 2 is 1.74 bits per heavy atom. The standard InChI is InChI=1S/C19H22N2O6/c1-2-7-15(16(23)20-14(19(26)27)10-5-6-11-22)21-17(24)12-8-3-4-9-13(12)18(21)25/h2-4,8-9,14-15,22H,1,5-7,10-11H2,(H,20,23)(H,26,27). The van der Waals surface area contributed by atoms with Crippen LogP contribution in [0.3, 0.4) is 0 Å². The first-order valence-electron chi connectivity index (χ1n) is 8.64. The van der Waals surface area contributed by atoms with Crippen LogP contribution in [-0.2, 0) is 9.59 Å². The van der Waals surface area contributed by atoms with E-state index in [1.165, 1.54) is 18.2 Å². The van der Waals surface area contributed by atoms with Crippen LogP contribution in [0.1, 0.15) is 46.4 Å². The van der Waals surface area contributed by atoms with Gasteiger partial charge in [0.2, 0.25) is 5.91 Å². The maximum Gasteiger partial charge on any atom is 0.326 e. The van der Waals surface area contributed by atoms with Crippen LogP contribution in [0, 0.1) is 0 Å². The van der Waals surface area contributed by atoms with Gasteiger partial charge in [-0.25, -0.2) is 4.79 Å². The van der Waals surface area contributed by atoms with Crippen LogP contribution in [0.2, 0.25) is 0 Å². The number of amides is 3. The maximum atomic E-state index is 12.7. The molecule has 0 fully saturated rings. The summed E-state index contributed by atoms with van der Waals surface area (Å²) >= 11 is 0. The highest BCUT2D eigenvalue weighted by molar-refractivity contribution is 6.22. The van der Waals surface area contributed by atoms with Gasteiger partial charge < -0.3 is 15.5 Å². The van der Waals surface area contributed by atoms with Gasteiger partial charge >= 0.3 is 5.97 Å². The highest BCUT2D eigenvalue weighted by atomic mass is 16.4. The molecule has 0 aromatic heterocycles. The third-order valence-corrected chi connectivity index (χ3v) is 4.35. The fourth-order valence-corrected chi connectivity index (χ4v) is 2.96. The van der Waals surface area contributed by atoms with Gasteiger partial charge in [-0.15, -0.1) is 6.58 Å². The SMILES string of the molecule is C=CCC(C(=O)NC(CCCCO)C(=O)O)N1C(=O)c2ccccc2C1=O. The molecule has 1 aromatic carbocycles. The van der Waals surface area contributed by atoms with Crippen LogP contribution in [0.15, 0.2) is 36.9 Å². The number of carboxylic acid groups (broad SMARTS) is 1. The van der Waals surface area contributed by atoms with Crippen LogP contribution in [0.5, 0.6) is 0 Å². The third-order valence-electron chi connectivity index (χ3n) is 4.35. The lowest BCUT2D eigenvalue weighted by Gasteiger charge is -2.26. The Hall–Kier alpha value is -3.00. The maximum absolute atomic E-state index is 12.7. The topological polar surface area (TPSA) is 124 Å². The van der Waals surface area contributed by atoms with Crippen molar-refractivity contribution in [2.75, 3.05) is 6.61 Å². The van der Waals surface area contributed by atoms with Crippen LogP contribution in [0.4, 0.5) is 0 Å². The smallest absolute Gasteiger partial charge is 0.326 e. The summed E-state index contributed by atoms with van der Waals surface area (Å²) in [6, 6.07) is 3.90. The van der Waals surface area contributed by atoms with Gasteiger partial charge in [0, 0.05) is 6.61 Å². The zero-order valence-electron chi connectivity index (χ0n) is 14.8. The Bertz CT molecular complexity index is 725. The lowest BCUT2D eigenvalue weighted by atomic mass is 10.1. The van der Waals surface area contributed by atoms with Crippen LogP contribution in [0.25, 0.3) is 0 Å². The van der Waals surface area contributed by atoms with E-state index < -0.39 is 35.8 Å². The molecule has 27 heavy (non-hydrogen) atoms. The largest absolute Gasteiger partial charge is 0.480 e. The molecule has 2 rings (SSSR count). The molecule has 0 aliphatic carbocycles. The lowest BCUT2D eigenvalue weighted by molar-refractivity contribution is -0.142. The molecule has 3 N–H and O–H groups in total. The van der Waals surface area contributed by atoms with Gasteiger partial charge in [-0.05, 0) is 37.8 Å². The summed E-state index contributed by atoms with van der Waals surface area (Å²) in [5.74, 6) is -3.14. The molecule has 0 radical (unpaired) electrons. The lowest BCUT2D eigenvalue weighted by Crippen LogP contribution is -2.53. The number of imide groups is 1. The second-order valence-corrected chi connectivity index (χ2v) is 6.18. The van der Waals surface area contributed by atoms with Crippen molar-refractivity contribution < 1.29 is 29.4 Å². The number of carboxylic acids is 1. The molecule has 144 valence electrons. The number of benzene rings is 1. The van der Waals surface area contributed by atoms with Crippen LogP contribution >= 0.6 is 0 Å². The summed E-state index contributed by atoms with van der Waals surface area (Å²) in [6.45, 7) is 3.48. The van der Waals surface area contributed by atoms with E-state index in [1.807, 2.05) is 0 Å². The molecule has 1 aliphatic heterocycles. The van der Waals surface area contributed by atoms with E-state index in [1.54, 1.807) is 12.1 Å². The van der Waals surface area contributed by atoms with Gasteiger partial charge in [0.15, 0.2) is 0 Å². The molecule has 1 heterocycles. The van der Waals surface area contributed by atoms with E-state index in [0.29, 0.717) is 12.8 Å². The normalized spacial score (nSPS) is 15.2. The van der Waals surface area contributed by atoms with Crippen molar-refractivity contribution in [2.24, 2.45) is 0 Å².